The van der Waals surface area contributed by atoms with Crippen LogP contribution in [0.15, 0.2) is 37.4 Å². The predicted octanol–water partition coefficient (Wildman–Crippen LogP) is 3.32. The molecule has 1 unspecified atom stereocenters. The summed E-state index contributed by atoms with van der Waals surface area (Å²) in [5.74, 6) is 0. The van der Waals surface area contributed by atoms with Crippen molar-refractivity contribution in [3.05, 3.63) is 59.7 Å². The average molecular weight is 259 g/mol. The molecule has 0 fully saturated rings. The summed E-state index contributed by atoms with van der Waals surface area (Å²) in [4.78, 5) is 2.13. The van der Waals surface area contributed by atoms with Crippen molar-refractivity contribution in [2.45, 2.75) is 26.9 Å². The Hall–Kier alpha value is -1.38. The number of hydrogen-bond acceptors (Lipinski definition) is 2. The first-order valence-corrected chi connectivity index (χ1v) is 6.69. The SMILES string of the molecule is C=CCN(CC=C)CC(O)c1c(C)cc(C)cc1C. The first-order valence-electron chi connectivity index (χ1n) is 6.69. The molecule has 1 aromatic carbocycles. The average Bonchev–Trinajstić information content (AvgIpc) is 2.27. The van der Waals surface area contributed by atoms with Crippen LogP contribution in [-0.4, -0.2) is 29.6 Å². The van der Waals surface area contributed by atoms with Crippen LogP contribution in [0.5, 0.6) is 0 Å². The van der Waals surface area contributed by atoms with Crippen LogP contribution in [0.2, 0.25) is 0 Å². The Balaban J connectivity index is 2.90. The Bertz CT molecular complexity index is 418. The summed E-state index contributed by atoms with van der Waals surface area (Å²) in [6.07, 6.45) is 3.23. The highest BCUT2D eigenvalue weighted by Gasteiger charge is 2.16. The van der Waals surface area contributed by atoms with E-state index >= 15 is 0 Å². The molecular weight excluding hydrogens is 234 g/mol. The number of aliphatic hydroxyl groups is 1. The summed E-state index contributed by atoms with van der Waals surface area (Å²) in [6.45, 7) is 15.8. The van der Waals surface area contributed by atoms with E-state index in [0.717, 1.165) is 29.8 Å². The van der Waals surface area contributed by atoms with E-state index in [9.17, 15) is 5.11 Å². The van der Waals surface area contributed by atoms with Gasteiger partial charge in [0, 0.05) is 19.6 Å². The third-order valence-corrected chi connectivity index (χ3v) is 3.28. The Morgan fingerprint density at radius 1 is 1.11 bits per heavy atom. The van der Waals surface area contributed by atoms with Crippen molar-refractivity contribution in [3.63, 3.8) is 0 Å². The van der Waals surface area contributed by atoms with Crippen LogP contribution in [0, 0.1) is 20.8 Å². The first kappa shape index (κ1) is 15.7. The van der Waals surface area contributed by atoms with E-state index in [-0.39, 0.29) is 0 Å². The van der Waals surface area contributed by atoms with E-state index in [4.69, 9.17) is 0 Å². The van der Waals surface area contributed by atoms with Crippen molar-refractivity contribution < 1.29 is 5.11 Å². The van der Waals surface area contributed by atoms with Gasteiger partial charge in [0.25, 0.3) is 0 Å². The number of aliphatic hydroxyl groups excluding tert-OH is 1. The van der Waals surface area contributed by atoms with Crippen LogP contribution in [-0.2, 0) is 0 Å². The number of aryl methyl sites for hydroxylation is 3. The minimum Gasteiger partial charge on any atom is -0.387 e. The normalized spacial score (nSPS) is 12.5. The van der Waals surface area contributed by atoms with Crippen LogP contribution >= 0.6 is 0 Å². The van der Waals surface area contributed by atoms with E-state index in [0.29, 0.717) is 6.54 Å². The molecule has 0 aliphatic heterocycles. The van der Waals surface area contributed by atoms with Crippen LogP contribution in [0.25, 0.3) is 0 Å². The number of nitrogens with zero attached hydrogens (tertiary/aromatic N) is 1. The number of rotatable bonds is 7. The van der Waals surface area contributed by atoms with Crippen molar-refractivity contribution in [2.24, 2.45) is 0 Å². The van der Waals surface area contributed by atoms with Crippen LogP contribution in [0.1, 0.15) is 28.4 Å². The Labute approximate surface area is 117 Å². The summed E-state index contributed by atoms with van der Waals surface area (Å²) in [5, 5.41) is 10.5. The summed E-state index contributed by atoms with van der Waals surface area (Å²) < 4.78 is 0. The van der Waals surface area contributed by atoms with Gasteiger partial charge < -0.3 is 5.11 Å². The molecule has 0 spiro atoms. The van der Waals surface area contributed by atoms with Gasteiger partial charge in [-0.25, -0.2) is 0 Å². The lowest BCUT2D eigenvalue weighted by Crippen LogP contribution is -2.29. The molecular formula is C17H25NO. The molecule has 1 aromatic rings. The van der Waals surface area contributed by atoms with E-state index in [1.165, 1.54) is 5.56 Å². The molecule has 0 aliphatic carbocycles. The largest absolute Gasteiger partial charge is 0.387 e. The van der Waals surface area contributed by atoms with Crippen molar-refractivity contribution in [1.82, 2.24) is 4.90 Å². The summed E-state index contributed by atoms with van der Waals surface area (Å²) in [7, 11) is 0. The van der Waals surface area contributed by atoms with Gasteiger partial charge in [-0.05, 0) is 37.5 Å². The molecule has 19 heavy (non-hydrogen) atoms. The molecule has 0 radical (unpaired) electrons. The Kier molecular flexibility index (Phi) is 6.00. The van der Waals surface area contributed by atoms with Gasteiger partial charge >= 0.3 is 0 Å². The minimum absolute atomic E-state index is 0.472. The maximum atomic E-state index is 10.5. The topological polar surface area (TPSA) is 23.5 Å². The molecule has 0 aromatic heterocycles. The molecule has 0 heterocycles. The van der Waals surface area contributed by atoms with Crippen LogP contribution in [0.4, 0.5) is 0 Å². The summed E-state index contributed by atoms with van der Waals surface area (Å²) in [5.41, 5.74) is 4.59. The van der Waals surface area contributed by atoms with Gasteiger partial charge in [-0.3, -0.25) is 4.90 Å². The van der Waals surface area contributed by atoms with Gasteiger partial charge in [-0.2, -0.15) is 0 Å². The zero-order valence-electron chi connectivity index (χ0n) is 12.3. The smallest absolute Gasteiger partial charge is 0.0922 e. The van der Waals surface area contributed by atoms with Crippen molar-refractivity contribution in [1.29, 1.82) is 0 Å². The maximum absolute atomic E-state index is 10.5. The van der Waals surface area contributed by atoms with Crippen molar-refractivity contribution in [3.8, 4) is 0 Å². The number of benzene rings is 1. The fourth-order valence-electron chi connectivity index (χ4n) is 2.64. The monoisotopic (exact) mass is 259 g/mol. The van der Waals surface area contributed by atoms with Crippen LogP contribution in [0.3, 0.4) is 0 Å². The molecule has 0 saturated carbocycles. The second-order valence-corrected chi connectivity index (χ2v) is 5.12. The Morgan fingerprint density at radius 2 is 1.58 bits per heavy atom. The quantitative estimate of drug-likeness (QED) is 0.759. The lowest BCUT2D eigenvalue weighted by molar-refractivity contribution is 0.124. The molecule has 0 amide bonds. The molecule has 0 aliphatic rings. The third kappa shape index (κ3) is 4.34. The molecule has 1 atom stereocenters. The lowest BCUT2D eigenvalue weighted by Gasteiger charge is -2.25. The van der Waals surface area contributed by atoms with E-state index < -0.39 is 6.10 Å². The van der Waals surface area contributed by atoms with Gasteiger partial charge in [-0.15, -0.1) is 13.2 Å². The highest BCUT2D eigenvalue weighted by Crippen LogP contribution is 2.24. The molecule has 0 saturated heterocycles. The summed E-state index contributed by atoms with van der Waals surface area (Å²) >= 11 is 0. The van der Waals surface area contributed by atoms with Gasteiger partial charge in [0.2, 0.25) is 0 Å². The molecule has 2 heteroatoms. The van der Waals surface area contributed by atoms with Gasteiger partial charge in [0.05, 0.1) is 6.10 Å². The zero-order valence-corrected chi connectivity index (χ0v) is 12.3. The molecule has 0 bridgehead atoms. The molecule has 104 valence electrons. The second kappa shape index (κ2) is 7.27. The fraction of sp³-hybridized carbons (Fsp3) is 0.412. The first-order chi connectivity index (χ1) is 8.99. The van der Waals surface area contributed by atoms with E-state index in [2.05, 4.69) is 51.0 Å². The lowest BCUT2D eigenvalue weighted by atomic mass is 9.95. The molecule has 1 rings (SSSR count). The third-order valence-electron chi connectivity index (χ3n) is 3.28. The number of hydrogen-bond donors (Lipinski definition) is 1. The minimum atomic E-state index is -0.472. The van der Waals surface area contributed by atoms with E-state index in [1.807, 2.05) is 12.2 Å². The second-order valence-electron chi connectivity index (χ2n) is 5.12. The van der Waals surface area contributed by atoms with E-state index in [1.54, 1.807) is 0 Å². The van der Waals surface area contributed by atoms with Crippen molar-refractivity contribution >= 4 is 0 Å². The maximum Gasteiger partial charge on any atom is 0.0922 e. The fourth-order valence-corrected chi connectivity index (χ4v) is 2.64. The van der Waals surface area contributed by atoms with Gasteiger partial charge in [0.15, 0.2) is 0 Å². The van der Waals surface area contributed by atoms with Crippen LogP contribution < -0.4 is 0 Å². The highest BCUT2D eigenvalue weighted by atomic mass is 16.3. The predicted molar refractivity (Wildman–Crippen MR) is 82.4 cm³/mol. The summed E-state index contributed by atoms with van der Waals surface area (Å²) in [6, 6.07) is 4.24. The zero-order chi connectivity index (χ0) is 14.4. The Morgan fingerprint density at radius 3 is 2.00 bits per heavy atom. The standard InChI is InChI=1S/C17H25NO/c1-6-8-18(9-7-2)12-16(19)17-14(4)10-13(3)11-15(17)5/h6-7,10-11,16,19H,1-2,8-9,12H2,3-5H3. The van der Waals surface area contributed by atoms with Gasteiger partial charge in [0.1, 0.15) is 0 Å². The van der Waals surface area contributed by atoms with Gasteiger partial charge in [-0.1, -0.05) is 29.8 Å². The van der Waals surface area contributed by atoms with Crippen molar-refractivity contribution in [2.75, 3.05) is 19.6 Å². The molecule has 1 N–H and O–H groups in total. The molecule has 2 nitrogen and oxygen atoms in total. The highest BCUT2D eigenvalue weighted by molar-refractivity contribution is 5.39.